The molecule has 0 radical (unpaired) electrons. The zero-order chi connectivity index (χ0) is 27.3. The van der Waals surface area contributed by atoms with Crippen LogP contribution in [-0.4, -0.2) is 50.9 Å². The molecule has 0 aliphatic heterocycles. The number of rotatable bonds is 9. The highest BCUT2D eigenvalue weighted by Crippen LogP contribution is 2.36. The van der Waals surface area contributed by atoms with Gasteiger partial charge >= 0.3 is 12.3 Å². The first-order valence-electron chi connectivity index (χ1n) is 12.6. The van der Waals surface area contributed by atoms with E-state index < -0.39 is 30.9 Å². The third kappa shape index (κ3) is 7.25. The molecule has 1 amide bonds. The number of aliphatic hydroxyl groups excluding tert-OH is 1. The van der Waals surface area contributed by atoms with Crippen LogP contribution >= 0.6 is 0 Å². The molecule has 204 valence electrons. The number of hydrogen-bond donors (Lipinski definition) is 3. The summed E-state index contributed by atoms with van der Waals surface area (Å²) in [6.07, 6.45) is 4.01. The third-order valence-corrected chi connectivity index (χ3v) is 6.82. The summed E-state index contributed by atoms with van der Waals surface area (Å²) in [4.78, 5) is 23.0. The Bertz CT molecular complexity index is 1200. The molecule has 2 atom stereocenters. The summed E-state index contributed by atoms with van der Waals surface area (Å²) >= 11 is 0. The van der Waals surface area contributed by atoms with Crippen LogP contribution < -0.4 is 5.32 Å². The Labute approximate surface area is 217 Å². The molecule has 1 aromatic heterocycles. The number of carbonyl (C=O) groups excluding carboxylic acids is 1. The Kier molecular flexibility index (Phi) is 8.55. The Balaban J connectivity index is 1.49. The fourth-order valence-corrected chi connectivity index (χ4v) is 4.82. The zero-order valence-corrected chi connectivity index (χ0v) is 20.7. The SMILES string of the molecule is O=C(NC[C@@H](O)C(=O)O)c1ccc(Cn2nc(C3CCCCC3)cc2C2C=CC(OC(F)(F)F)=CC2)cc1. The quantitative estimate of drug-likeness (QED) is 0.434. The first-order valence-corrected chi connectivity index (χ1v) is 12.6. The van der Waals surface area contributed by atoms with Gasteiger partial charge in [-0.2, -0.15) is 5.10 Å². The molecule has 1 unspecified atom stereocenters. The first kappa shape index (κ1) is 27.4. The predicted octanol–water partition coefficient (Wildman–Crippen LogP) is 4.62. The minimum atomic E-state index is -4.74. The highest BCUT2D eigenvalue weighted by atomic mass is 19.4. The van der Waals surface area contributed by atoms with Gasteiger partial charge in [0.15, 0.2) is 6.10 Å². The number of carboxylic acids is 1. The van der Waals surface area contributed by atoms with E-state index in [0.717, 1.165) is 42.6 Å². The minimum Gasteiger partial charge on any atom is -0.479 e. The highest BCUT2D eigenvalue weighted by molar-refractivity contribution is 5.94. The number of halogens is 3. The van der Waals surface area contributed by atoms with Crippen LogP contribution in [0.3, 0.4) is 0 Å². The van der Waals surface area contributed by atoms with Gasteiger partial charge in [-0.15, -0.1) is 13.2 Å². The summed E-state index contributed by atoms with van der Waals surface area (Å²) in [7, 11) is 0. The molecule has 4 rings (SSSR count). The van der Waals surface area contributed by atoms with Crippen LogP contribution in [0.15, 0.2) is 54.3 Å². The Morgan fingerprint density at radius 2 is 1.87 bits per heavy atom. The van der Waals surface area contributed by atoms with Crippen molar-refractivity contribution in [2.24, 2.45) is 0 Å². The smallest absolute Gasteiger partial charge is 0.479 e. The van der Waals surface area contributed by atoms with Gasteiger partial charge in [0, 0.05) is 23.1 Å². The van der Waals surface area contributed by atoms with Crippen molar-refractivity contribution in [1.82, 2.24) is 15.1 Å². The average Bonchev–Trinajstić information content (AvgIpc) is 3.31. The number of carboxylic acid groups (broad SMARTS) is 1. The molecule has 1 saturated carbocycles. The van der Waals surface area contributed by atoms with Gasteiger partial charge in [0.05, 0.1) is 18.8 Å². The summed E-state index contributed by atoms with van der Waals surface area (Å²) in [5.41, 5.74) is 3.06. The average molecular weight is 534 g/mol. The van der Waals surface area contributed by atoms with Crippen LogP contribution in [0.2, 0.25) is 0 Å². The number of allylic oxidation sites excluding steroid dienone is 3. The Morgan fingerprint density at radius 1 is 1.16 bits per heavy atom. The molecule has 1 heterocycles. The minimum absolute atomic E-state index is 0.161. The summed E-state index contributed by atoms with van der Waals surface area (Å²) < 4.78 is 43.7. The lowest BCUT2D eigenvalue weighted by Gasteiger charge is -2.19. The molecular weight excluding hydrogens is 503 g/mol. The van der Waals surface area contributed by atoms with Gasteiger partial charge in [0.2, 0.25) is 0 Å². The number of hydrogen-bond acceptors (Lipinski definition) is 5. The lowest BCUT2D eigenvalue weighted by atomic mass is 9.86. The second-order valence-corrected chi connectivity index (χ2v) is 9.60. The van der Waals surface area contributed by atoms with E-state index in [9.17, 15) is 27.9 Å². The van der Waals surface area contributed by atoms with Crippen molar-refractivity contribution in [3.8, 4) is 0 Å². The fourth-order valence-electron chi connectivity index (χ4n) is 4.82. The summed E-state index contributed by atoms with van der Waals surface area (Å²) in [5, 5.41) is 25.3. The van der Waals surface area contributed by atoms with Crippen molar-refractivity contribution >= 4 is 11.9 Å². The second kappa shape index (κ2) is 11.8. The molecule has 8 nitrogen and oxygen atoms in total. The molecule has 2 aliphatic carbocycles. The standard InChI is InChI=1S/C27H30F3N3O5/c28-27(29,30)38-21-12-10-19(11-13-21)23-14-22(18-4-2-1-3-5-18)32-33(23)16-17-6-8-20(9-7-17)25(35)31-15-24(34)26(36)37/h6-10,12-14,18-19,24,34H,1-5,11,15-16H2,(H,31,35)(H,36,37)/t19?,24-/m1/s1. The number of aliphatic hydroxyl groups is 1. The highest BCUT2D eigenvalue weighted by Gasteiger charge is 2.32. The molecule has 2 aromatic rings. The predicted molar refractivity (Wildman–Crippen MR) is 131 cm³/mol. The lowest BCUT2D eigenvalue weighted by molar-refractivity contribution is -0.303. The molecule has 1 fully saturated rings. The van der Waals surface area contributed by atoms with Gasteiger partial charge in [0.25, 0.3) is 5.91 Å². The van der Waals surface area contributed by atoms with Crippen LogP contribution in [0, 0.1) is 0 Å². The van der Waals surface area contributed by atoms with Gasteiger partial charge < -0.3 is 20.3 Å². The number of aromatic nitrogens is 2. The van der Waals surface area contributed by atoms with Gasteiger partial charge in [-0.25, -0.2) is 4.79 Å². The largest absolute Gasteiger partial charge is 0.573 e. The number of nitrogens with one attached hydrogen (secondary N) is 1. The maximum absolute atomic E-state index is 12.6. The van der Waals surface area contributed by atoms with Crippen molar-refractivity contribution in [2.45, 2.75) is 69.4 Å². The fraction of sp³-hybridized carbons (Fsp3) is 0.444. The van der Waals surface area contributed by atoms with Gasteiger partial charge in [-0.3, -0.25) is 9.48 Å². The van der Waals surface area contributed by atoms with E-state index in [0.29, 0.717) is 24.4 Å². The van der Waals surface area contributed by atoms with Crippen molar-refractivity contribution in [2.75, 3.05) is 6.54 Å². The normalized spacial score (nSPS) is 19.1. The molecule has 1 aromatic carbocycles. The molecule has 11 heteroatoms. The van der Waals surface area contributed by atoms with E-state index in [1.54, 1.807) is 30.3 Å². The summed E-state index contributed by atoms with van der Waals surface area (Å²) in [6.45, 7) is -0.00275. The van der Waals surface area contributed by atoms with Crippen molar-refractivity contribution in [3.63, 3.8) is 0 Å². The molecule has 0 saturated heterocycles. The Hall–Kier alpha value is -3.60. The molecular formula is C27H30F3N3O5. The molecule has 38 heavy (non-hydrogen) atoms. The summed E-state index contributed by atoms with van der Waals surface area (Å²) in [5.74, 6) is -1.96. The van der Waals surface area contributed by atoms with Crippen molar-refractivity contribution in [3.05, 3.63) is 76.8 Å². The number of alkyl halides is 3. The van der Waals surface area contributed by atoms with Gasteiger partial charge in [0.1, 0.15) is 5.76 Å². The van der Waals surface area contributed by atoms with E-state index >= 15 is 0 Å². The maximum atomic E-state index is 12.6. The van der Waals surface area contributed by atoms with E-state index in [2.05, 4.69) is 16.1 Å². The maximum Gasteiger partial charge on any atom is 0.573 e. The number of benzene rings is 1. The van der Waals surface area contributed by atoms with Crippen LogP contribution in [0.1, 0.15) is 77.7 Å². The molecule has 0 bridgehead atoms. The van der Waals surface area contributed by atoms with E-state index in [1.165, 1.54) is 18.6 Å². The Morgan fingerprint density at radius 3 is 2.47 bits per heavy atom. The molecule has 3 N–H and O–H groups in total. The number of ether oxygens (including phenoxy) is 1. The second-order valence-electron chi connectivity index (χ2n) is 9.60. The van der Waals surface area contributed by atoms with Crippen LogP contribution in [0.25, 0.3) is 0 Å². The van der Waals surface area contributed by atoms with Crippen molar-refractivity contribution in [1.29, 1.82) is 0 Å². The molecule has 2 aliphatic rings. The van der Waals surface area contributed by atoms with Crippen LogP contribution in [0.4, 0.5) is 13.2 Å². The van der Waals surface area contributed by atoms with Gasteiger partial charge in [-0.05, 0) is 55.2 Å². The third-order valence-electron chi connectivity index (χ3n) is 6.82. The van der Waals surface area contributed by atoms with Gasteiger partial charge in [-0.1, -0.05) is 37.5 Å². The topological polar surface area (TPSA) is 114 Å². The van der Waals surface area contributed by atoms with E-state index in [1.807, 2.05) is 4.68 Å². The lowest BCUT2D eigenvalue weighted by Crippen LogP contribution is -2.36. The zero-order valence-electron chi connectivity index (χ0n) is 20.7. The van der Waals surface area contributed by atoms with Crippen LogP contribution in [-0.2, 0) is 16.1 Å². The number of aliphatic carboxylic acids is 1. The van der Waals surface area contributed by atoms with Crippen LogP contribution in [0.5, 0.6) is 0 Å². The van der Waals surface area contributed by atoms with Crippen molar-refractivity contribution < 1.29 is 37.7 Å². The molecule has 0 spiro atoms. The number of amides is 1. The number of nitrogens with zero attached hydrogens (tertiary/aromatic N) is 2. The number of carbonyl (C=O) groups is 2. The van der Waals surface area contributed by atoms with E-state index in [-0.39, 0.29) is 11.7 Å². The first-order chi connectivity index (χ1) is 18.1. The summed E-state index contributed by atoms with van der Waals surface area (Å²) in [6, 6.07) is 8.80. The van der Waals surface area contributed by atoms with E-state index in [4.69, 9.17) is 10.2 Å². The monoisotopic (exact) mass is 533 g/mol.